The van der Waals surface area contributed by atoms with Crippen molar-refractivity contribution in [3.05, 3.63) is 70.9 Å². The first-order chi connectivity index (χ1) is 20.0. The van der Waals surface area contributed by atoms with Crippen LogP contribution in [0.1, 0.15) is 50.4 Å². The quantitative estimate of drug-likeness (QED) is 0.329. The van der Waals surface area contributed by atoms with Crippen LogP contribution in [0.4, 0.5) is 0 Å². The number of benzene rings is 2. The summed E-state index contributed by atoms with van der Waals surface area (Å²) in [7, 11) is 1.60. The van der Waals surface area contributed by atoms with E-state index in [2.05, 4.69) is 15.6 Å². The first-order valence-electron chi connectivity index (χ1n) is 14.1. The summed E-state index contributed by atoms with van der Waals surface area (Å²) in [5.74, 6) is -0.216. The lowest BCUT2D eigenvalue weighted by atomic mass is 9.85. The smallest absolute Gasteiger partial charge is 0.246 e. The molecular weight excluding hydrogens is 552 g/mol. The van der Waals surface area contributed by atoms with Crippen molar-refractivity contribution >= 4 is 29.1 Å². The molecule has 0 aliphatic carbocycles. The van der Waals surface area contributed by atoms with E-state index in [4.69, 9.17) is 4.74 Å². The Morgan fingerprint density at radius 1 is 1.10 bits per heavy atom. The molecule has 1 aliphatic heterocycles. The molecule has 1 aromatic heterocycles. The Bertz CT molecular complexity index is 1380. The second kappa shape index (κ2) is 13.5. The summed E-state index contributed by atoms with van der Waals surface area (Å²) in [6, 6.07) is 13.7. The molecule has 1 aliphatic rings. The molecule has 3 aromatic rings. The van der Waals surface area contributed by atoms with Crippen molar-refractivity contribution in [1.29, 1.82) is 0 Å². The van der Waals surface area contributed by atoms with Gasteiger partial charge in [0.25, 0.3) is 0 Å². The molecule has 2 aromatic carbocycles. The molecule has 3 amide bonds. The number of aromatic nitrogens is 1. The second-order valence-corrected chi connectivity index (χ2v) is 12.6. The number of nitrogens with zero attached hydrogens (tertiary/aromatic N) is 2. The van der Waals surface area contributed by atoms with Gasteiger partial charge in [-0.05, 0) is 47.6 Å². The van der Waals surface area contributed by atoms with E-state index in [1.54, 1.807) is 18.4 Å². The topological polar surface area (TPSA) is 121 Å². The fourth-order valence-electron chi connectivity index (χ4n) is 5.06. The van der Waals surface area contributed by atoms with E-state index in [1.165, 1.54) is 4.90 Å². The molecule has 0 saturated carbocycles. The molecule has 3 atom stereocenters. The predicted molar refractivity (Wildman–Crippen MR) is 163 cm³/mol. The maximum atomic E-state index is 13.8. The van der Waals surface area contributed by atoms with Crippen LogP contribution >= 0.6 is 11.3 Å². The lowest BCUT2D eigenvalue weighted by Crippen LogP contribution is -2.57. The van der Waals surface area contributed by atoms with Crippen LogP contribution in [0.15, 0.2) is 54.0 Å². The molecule has 0 radical (unpaired) electrons. The number of carbonyl (C=O) groups is 3. The van der Waals surface area contributed by atoms with Crippen molar-refractivity contribution in [2.75, 3.05) is 13.7 Å². The number of carbonyl (C=O) groups excluding carboxylic acids is 3. The number of aliphatic hydroxyl groups excluding tert-OH is 1. The molecule has 9 nitrogen and oxygen atoms in total. The van der Waals surface area contributed by atoms with Crippen molar-refractivity contribution in [2.24, 2.45) is 5.41 Å². The number of β-amino-alcohol motifs (C(OH)–C–C–N with tert-alkyl or cyclic N) is 1. The van der Waals surface area contributed by atoms with Crippen LogP contribution in [0, 0.1) is 12.3 Å². The summed E-state index contributed by atoms with van der Waals surface area (Å²) in [5, 5.41) is 16.3. The number of rotatable bonds is 10. The maximum absolute atomic E-state index is 13.8. The molecule has 4 rings (SSSR count). The van der Waals surface area contributed by atoms with Gasteiger partial charge in [-0.25, -0.2) is 4.98 Å². The van der Waals surface area contributed by atoms with Crippen molar-refractivity contribution in [1.82, 2.24) is 20.5 Å². The van der Waals surface area contributed by atoms with Gasteiger partial charge >= 0.3 is 0 Å². The fraction of sp³-hybridized carbons (Fsp3) is 0.438. The van der Waals surface area contributed by atoms with Crippen LogP contribution in [-0.4, -0.2) is 64.6 Å². The van der Waals surface area contributed by atoms with Crippen molar-refractivity contribution < 1.29 is 24.2 Å². The zero-order chi connectivity index (χ0) is 30.4. The molecule has 224 valence electrons. The Labute approximate surface area is 251 Å². The van der Waals surface area contributed by atoms with Gasteiger partial charge in [0.1, 0.15) is 17.8 Å². The minimum Gasteiger partial charge on any atom is -0.497 e. The van der Waals surface area contributed by atoms with Crippen LogP contribution in [0.2, 0.25) is 0 Å². The van der Waals surface area contributed by atoms with Crippen molar-refractivity contribution in [3.63, 3.8) is 0 Å². The summed E-state index contributed by atoms with van der Waals surface area (Å²) < 4.78 is 5.18. The van der Waals surface area contributed by atoms with Gasteiger partial charge < -0.3 is 25.4 Å². The van der Waals surface area contributed by atoms with Crippen LogP contribution in [-0.2, 0) is 27.3 Å². The molecule has 2 heterocycles. The maximum Gasteiger partial charge on any atom is 0.246 e. The van der Waals surface area contributed by atoms with E-state index < -0.39 is 23.6 Å². The molecule has 0 bridgehead atoms. The highest BCUT2D eigenvalue weighted by Crippen LogP contribution is 2.28. The summed E-state index contributed by atoms with van der Waals surface area (Å²) in [4.78, 5) is 46.8. The molecule has 42 heavy (non-hydrogen) atoms. The third kappa shape index (κ3) is 7.74. The van der Waals surface area contributed by atoms with Gasteiger partial charge in [-0.15, -0.1) is 11.3 Å². The molecule has 3 N–H and O–H groups in total. The number of hydrogen-bond acceptors (Lipinski definition) is 7. The highest BCUT2D eigenvalue weighted by molar-refractivity contribution is 7.13. The zero-order valence-corrected chi connectivity index (χ0v) is 25.7. The largest absolute Gasteiger partial charge is 0.497 e. The lowest BCUT2D eigenvalue weighted by Gasteiger charge is -2.35. The van der Waals surface area contributed by atoms with Crippen LogP contribution in [0.5, 0.6) is 5.75 Å². The van der Waals surface area contributed by atoms with E-state index in [1.807, 2.05) is 81.7 Å². The van der Waals surface area contributed by atoms with Gasteiger partial charge in [-0.1, -0.05) is 57.2 Å². The number of aliphatic hydroxyl groups is 1. The highest BCUT2D eigenvalue weighted by Gasteiger charge is 2.44. The van der Waals surface area contributed by atoms with Crippen LogP contribution < -0.4 is 15.4 Å². The third-order valence-corrected chi connectivity index (χ3v) is 8.49. The summed E-state index contributed by atoms with van der Waals surface area (Å²) in [6.07, 6.45) is 0.0425. The van der Waals surface area contributed by atoms with Crippen molar-refractivity contribution in [2.45, 2.75) is 71.7 Å². The third-order valence-electron chi connectivity index (χ3n) is 7.51. The Balaban J connectivity index is 1.37. The molecule has 10 heteroatoms. The fourth-order valence-corrected chi connectivity index (χ4v) is 5.88. The molecule has 1 unspecified atom stereocenters. The first kappa shape index (κ1) is 31.2. The summed E-state index contributed by atoms with van der Waals surface area (Å²) in [5.41, 5.74) is 5.16. The number of methoxy groups -OCH3 is 1. The standard InChI is InChI=1S/C32H40N4O5S/c1-20-28(42-19-34-20)23-11-6-22(7-12-23)17-33-30(39)26-16-24(37)18-36(26)31(40)29(32(2,3)4)35-27(38)15-10-21-8-13-25(41-5)14-9-21/h6-9,11-14,19,24,26,29,37H,10,15-18H2,1-5H3,(H,33,39)(H,35,38)/t24-,26+,29?/m1/s1. The molecule has 0 spiro atoms. The average molecular weight is 593 g/mol. The number of aryl methyl sites for hydroxylation is 2. The summed E-state index contributed by atoms with van der Waals surface area (Å²) >= 11 is 1.58. The van der Waals surface area contributed by atoms with Crippen molar-refractivity contribution in [3.8, 4) is 16.2 Å². The Morgan fingerprint density at radius 2 is 1.76 bits per heavy atom. The number of thiazole rings is 1. The van der Waals surface area contributed by atoms with Gasteiger partial charge in [0.15, 0.2) is 0 Å². The highest BCUT2D eigenvalue weighted by atomic mass is 32.1. The SMILES string of the molecule is COc1ccc(CCC(=O)NC(C(=O)N2C[C@H](O)C[C@H]2C(=O)NCc2ccc(-c3scnc3C)cc2)C(C)(C)C)cc1. The van der Waals surface area contributed by atoms with E-state index in [0.717, 1.165) is 33.0 Å². The van der Waals surface area contributed by atoms with Crippen LogP contribution in [0.3, 0.4) is 0 Å². The number of hydrogen-bond donors (Lipinski definition) is 3. The number of likely N-dealkylation sites (tertiary alicyclic amines) is 1. The number of ether oxygens (including phenoxy) is 1. The van der Waals surface area contributed by atoms with E-state index in [9.17, 15) is 19.5 Å². The Kier molecular flexibility index (Phi) is 10.0. The zero-order valence-electron chi connectivity index (χ0n) is 24.8. The van der Waals surface area contributed by atoms with E-state index in [0.29, 0.717) is 13.0 Å². The molecule has 1 saturated heterocycles. The molecular formula is C32H40N4O5S. The Hall–Kier alpha value is -3.76. The average Bonchev–Trinajstić information content (AvgIpc) is 3.58. The van der Waals surface area contributed by atoms with Gasteiger partial charge in [0.05, 0.1) is 29.3 Å². The predicted octanol–water partition coefficient (Wildman–Crippen LogP) is 3.87. The van der Waals surface area contributed by atoms with E-state index in [-0.39, 0.29) is 37.1 Å². The number of nitrogens with one attached hydrogen (secondary N) is 2. The number of amides is 3. The summed E-state index contributed by atoms with van der Waals surface area (Å²) in [6.45, 7) is 7.92. The molecule has 1 fully saturated rings. The minimum atomic E-state index is -0.857. The lowest BCUT2D eigenvalue weighted by molar-refractivity contribution is -0.144. The Morgan fingerprint density at radius 3 is 2.36 bits per heavy atom. The van der Waals surface area contributed by atoms with Gasteiger partial charge in [0.2, 0.25) is 17.7 Å². The van der Waals surface area contributed by atoms with Gasteiger partial charge in [0, 0.05) is 25.9 Å². The van der Waals surface area contributed by atoms with Gasteiger partial charge in [-0.3, -0.25) is 14.4 Å². The second-order valence-electron chi connectivity index (χ2n) is 11.8. The minimum absolute atomic E-state index is 0.0358. The normalized spacial score (nSPS) is 17.5. The first-order valence-corrected chi connectivity index (χ1v) is 15.0. The van der Waals surface area contributed by atoms with Crippen LogP contribution in [0.25, 0.3) is 10.4 Å². The monoisotopic (exact) mass is 592 g/mol. The van der Waals surface area contributed by atoms with E-state index >= 15 is 0 Å². The van der Waals surface area contributed by atoms with Gasteiger partial charge in [-0.2, -0.15) is 0 Å².